The van der Waals surface area contributed by atoms with Gasteiger partial charge >= 0.3 is 5.97 Å². The van der Waals surface area contributed by atoms with Crippen molar-refractivity contribution in [1.82, 2.24) is 0 Å². The van der Waals surface area contributed by atoms with Gasteiger partial charge in [-0.3, -0.25) is 4.79 Å². The van der Waals surface area contributed by atoms with Crippen molar-refractivity contribution >= 4 is 5.97 Å². The summed E-state index contributed by atoms with van der Waals surface area (Å²) in [5.74, 6) is -0.266. The van der Waals surface area contributed by atoms with Crippen LogP contribution in [0.4, 0.5) is 0 Å². The van der Waals surface area contributed by atoms with E-state index < -0.39 is 5.97 Å². The molecule has 0 heterocycles. The lowest BCUT2D eigenvalue weighted by Gasteiger charge is -2.15. The predicted octanol–water partition coefficient (Wildman–Crippen LogP) is 3.33. The molecule has 0 aromatic rings. The molecule has 3 heteroatoms. The van der Waals surface area contributed by atoms with Crippen molar-refractivity contribution in [1.29, 1.82) is 0 Å². The number of carbonyl (C=O) groups is 1. The summed E-state index contributed by atoms with van der Waals surface area (Å²) < 4.78 is 5.65. The number of carboxylic acids is 1. The Kier molecular flexibility index (Phi) is 8.26. The number of ether oxygens (including phenoxy) is 1. The molecule has 1 N–H and O–H groups in total. The Morgan fingerprint density at radius 2 is 1.81 bits per heavy atom. The molecule has 96 valence electrons. The van der Waals surface area contributed by atoms with Crippen LogP contribution in [-0.4, -0.2) is 23.8 Å². The van der Waals surface area contributed by atoms with Gasteiger partial charge in [-0.15, -0.1) is 0 Å². The van der Waals surface area contributed by atoms with Gasteiger partial charge in [0.15, 0.2) is 0 Å². The number of hydrogen-bond donors (Lipinski definition) is 1. The van der Waals surface area contributed by atoms with Crippen LogP contribution in [0.15, 0.2) is 0 Å². The van der Waals surface area contributed by atoms with Gasteiger partial charge in [0, 0.05) is 6.61 Å². The highest BCUT2D eigenvalue weighted by Gasteiger charge is 2.12. The molecule has 0 aliphatic carbocycles. The number of hydrogen-bond acceptors (Lipinski definition) is 2. The number of carboxylic acid groups (broad SMARTS) is 1. The Hall–Kier alpha value is -0.570. The highest BCUT2D eigenvalue weighted by Crippen LogP contribution is 2.12. The fourth-order valence-electron chi connectivity index (χ4n) is 1.37. The summed E-state index contributed by atoms with van der Waals surface area (Å²) in [6.45, 7) is 8.96. The van der Waals surface area contributed by atoms with Crippen LogP contribution in [0.5, 0.6) is 0 Å². The molecule has 0 fully saturated rings. The minimum absolute atomic E-state index is 0.172. The van der Waals surface area contributed by atoms with Crippen LogP contribution in [0.3, 0.4) is 0 Å². The monoisotopic (exact) mass is 230 g/mol. The molecular formula is C13H26O3. The molecule has 0 aromatic heterocycles. The molecule has 0 radical (unpaired) electrons. The van der Waals surface area contributed by atoms with Crippen LogP contribution in [-0.2, 0) is 9.53 Å². The first-order chi connectivity index (χ1) is 7.47. The van der Waals surface area contributed by atoms with Crippen LogP contribution in [0.1, 0.15) is 53.4 Å². The normalized spacial score (nSPS) is 16.8. The van der Waals surface area contributed by atoms with Crippen molar-refractivity contribution in [3.8, 4) is 0 Å². The first kappa shape index (κ1) is 15.4. The summed E-state index contributed by atoms with van der Waals surface area (Å²) in [6, 6.07) is 0. The molecule has 0 saturated heterocycles. The predicted molar refractivity (Wildman–Crippen MR) is 65.5 cm³/mol. The largest absolute Gasteiger partial charge is 0.481 e. The summed E-state index contributed by atoms with van der Waals surface area (Å²) in [5.41, 5.74) is 0. The lowest BCUT2D eigenvalue weighted by atomic mass is 10.0. The van der Waals surface area contributed by atoms with Gasteiger partial charge in [-0.25, -0.2) is 0 Å². The van der Waals surface area contributed by atoms with Gasteiger partial charge in [-0.05, 0) is 32.1 Å². The fraction of sp³-hybridized carbons (Fsp3) is 0.923. The molecule has 0 aliphatic rings. The van der Waals surface area contributed by atoms with E-state index in [1.165, 1.54) is 6.42 Å². The summed E-state index contributed by atoms with van der Waals surface area (Å²) in [5, 5.41) is 8.73. The first-order valence-electron chi connectivity index (χ1n) is 6.31. The highest BCUT2D eigenvalue weighted by atomic mass is 16.5. The average Bonchev–Trinajstić information content (AvgIpc) is 2.25. The molecule has 0 rings (SSSR count). The van der Waals surface area contributed by atoms with Crippen molar-refractivity contribution in [2.45, 2.75) is 59.5 Å². The molecule has 0 aliphatic heterocycles. The molecule has 16 heavy (non-hydrogen) atoms. The van der Waals surface area contributed by atoms with E-state index in [0.29, 0.717) is 12.3 Å². The third kappa shape index (κ3) is 7.69. The van der Waals surface area contributed by atoms with E-state index in [9.17, 15) is 4.79 Å². The van der Waals surface area contributed by atoms with Crippen molar-refractivity contribution in [3.05, 3.63) is 0 Å². The molecule has 0 spiro atoms. The van der Waals surface area contributed by atoms with E-state index in [1.807, 2.05) is 6.92 Å². The van der Waals surface area contributed by atoms with Crippen molar-refractivity contribution in [2.75, 3.05) is 6.61 Å². The van der Waals surface area contributed by atoms with E-state index in [2.05, 4.69) is 13.8 Å². The summed E-state index contributed by atoms with van der Waals surface area (Å²) in [7, 11) is 0. The van der Waals surface area contributed by atoms with Crippen molar-refractivity contribution in [2.24, 2.45) is 11.8 Å². The van der Waals surface area contributed by atoms with Crippen LogP contribution in [0.2, 0.25) is 0 Å². The van der Waals surface area contributed by atoms with Crippen LogP contribution in [0.25, 0.3) is 0 Å². The summed E-state index contributed by atoms with van der Waals surface area (Å²) in [6.07, 6.45) is 3.97. The molecule has 0 aromatic carbocycles. The molecule has 0 saturated carbocycles. The van der Waals surface area contributed by atoms with Gasteiger partial charge in [-0.1, -0.05) is 27.2 Å². The lowest BCUT2D eigenvalue weighted by molar-refractivity contribution is -0.141. The second-order valence-corrected chi connectivity index (χ2v) is 4.80. The zero-order valence-corrected chi connectivity index (χ0v) is 11.0. The van der Waals surface area contributed by atoms with E-state index >= 15 is 0 Å². The summed E-state index contributed by atoms with van der Waals surface area (Å²) >= 11 is 0. The molecular weight excluding hydrogens is 204 g/mol. The Bertz CT molecular complexity index is 192. The third-order valence-electron chi connectivity index (χ3n) is 3.14. The van der Waals surface area contributed by atoms with Crippen LogP contribution in [0, 0.1) is 11.8 Å². The molecule has 3 atom stereocenters. The van der Waals surface area contributed by atoms with E-state index in [-0.39, 0.29) is 12.0 Å². The average molecular weight is 230 g/mol. The Balaban J connectivity index is 3.51. The minimum Gasteiger partial charge on any atom is -0.481 e. The SMILES string of the molecule is CCC(C)CCOC(C)CCC(C)C(=O)O. The Labute approximate surface area is 99.2 Å². The van der Waals surface area contributed by atoms with Gasteiger partial charge in [0.2, 0.25) is 0 Å². The van der Waals surface area contributed by atoms with Gasteiger partial charge in [0.25, 0.3) is 0 Å². The standard InChI is InChI=1S/C13H26O3/c1-5-10(2)8-9-16-12(4)7-6-11(3)13(14)15/h10-12H,5-9H2,1-4H3,(H,14,15). The molecule has 3 unspecified atom stereocenters. The molecule has 3 nitrogen and oxygen atoms in total. The quantitative estimate of drug-likeness (QED) is 0.661. The van der Waals surface area contributed by atoms with Crippen molar-refractivity contribution < 1.29 is 14.6 Å². The van der Waals surface area contributed by atoms with Crippen LogP contribution < -0.4 is 0 Å². The highest BCUT2D eigenvalue weighted by molar-refractivity contribution is 5.69. The van der Waals surface area contributed by atoms with Crippen LogP contribution >= 0.6 is 0 Å². The Morgan fingerprint density at radius 3 is 2.31 bits per heavy atom. The molecule has 0 bridgehead atoms. The Morgan fingerprint density at radius 1 is 1.19 bits per heavy atom. The minimum atomic E-state index is -0.716. The fourth-order valence-corrected chi connectivity index (χ4v) is 1.37. The first-order valence-corrected chi connectivity index (χ1v) is 6.31. The topological polar surface area (TPSA) is 46.5 Å². The van der Waals surface area contributed by atoms with Gasteiger partial charge < -0.3 is 9.84 Å². The molecule has 0 amide bonds. The second kappa shape index (κ2) is 8.57. The number of rotatable bonds is 9. The summed E-state index contributed by atoms with van der Waals surface area (Å²) in [4.78, 5) is 10.6. The van der Waals surface area contributed by atoms with E-state index in [1.54, 1.807) is 6.92 Å². The lowest BCUT2D eigenvalue weighted by Crippen LogP contribution is -2.15. The zero-order chi connectivity index (χ0) is 12.6. The maximum Gasteiger partial charge on any atom is 0.306 e. The van der Waals surface area contributed by atoms with Gasteiger partial charge in [-0.2, -0.15) is 0 Å². The smallest absolute Gasteiger partial charge is 0.306 e. The second-order valence-electron chi connectivity index (χ2n) is 4.80. The zero-order valence-electron chi connectivity index (χ0n) is 11.0. The van der Waals surface area contributed by atoms with E-state index in [0.717, 1.165) is 19.4 Å². The van der Waals surface area contributed by atoms with Crippen molar-refractivity contribution in [3.63, 3.8) is 0 Å². The van der Waals surface area contributed by atoms with E-state index in [4.69, 9.17) is 9.84 Å². The van der Waals surface area contributed by atoms with Gasteiger partial charge in [0.1, 0.15) is 0 Å². The number of aliphatic carboxylic acids is 1. The third-order valence-corrected chi connectivity index (χ3v) is 3.14. The van der Waals surface area contributed by atoms with Gasteiger partial charge in [0.05, 0.1) is 12.0 Å². The maximum atomic E-state index is 10.6. The maximum absolute atomic E-state index is 10.6.